The van der Waals surface area contributed by atoms with Crippen LogP contribution in [-0.4, -0.2) is 0 Å². The molecule has 0 heterocycles. The highest BCUT2D eigenvalue weighted by molar-refractivity contribution is 5.89. The lowest BCUT2D eigenvalue weighted by atomic mass is 9.98. The lowest BCUT2D eigenvalue weighted by Gasteiger charge is -2.15. The number of hydrogen-bond acceptors (Lipinski definition) is 1. The summed E-state index contributed by atoms with van der Waals surface area (Å²) in [5.41, 5.74) is 7.41. The van der Waals surface area contributed by atoms with Gasteiger partial charge in [-0.3, -0.25) is 0 Å². The first kappa shape index (κ1) is 18.2. The van der Waals surface area contributed by atoms with E-state index in [1.807, 2.05) is 0 Å². The van der Waals surface area contributed by atoms with Crippen molar-refractivity contribution in [3.63, 3.8) is 0 Å². The summed E-state index contributed by atoms with van der Waals surface area (Å²) in [6.45, 7) is 0.773. The fraction of sp³-hybridized carbons (Fsp3) is 0.0345. The van der Waals surface area contributed by atoms with Crippen LogP contribution < -0.4 is 5.32 Å². The molecule has 1 heteroatoms. The van der Waals surface area contributed by atoms with Crippen molar-refractivity contribution in [1.29, 1.82) is 0 Å². The zero-order valence-electron chi connectivity index (χ0n) is 16.8. The molecule has 0 saturated carbocycles. The predicted octanol–water partition coefficient (Wildman–Crippen LogP) is 7.79. The van der Waals surface area contributed by atoms with Crippen molar-refractivity contribution >= 4 is 16.5 Å². The number of rotatable bonds is 5. The minimum atomic E-state index is 0.773. The van der Waals surface area contributed by atoms with E-state index < -0.39 is 0 Å². The molecule has 30 heavy (non-hydrogen) atoms. The smallest absolute Gasteiger partial charge is 0.0422 e. The first-order chi connectivity index (χ1) is 14.9. The molecule has 5 aromatic rings. The average molecular weight is 386 g/mol. The van der Waals surface area contributed by atoms with Crippen LogP contribution in [0.3, 0.4) is 0 Å². The van der Waals surface area contributed by atoms with E-state index in [0.29, 0.717) is 0 Å². The SMILES string of the molecule is c1ccc(-c2ccccc2CNc2ccccc2-c2ccc3ccccc3c2)cc1. The molecule has 0 bridgehead atoms. The molecule has 0 unspecified atom stereocenters. The number of benzene rings is 5. The highest BCUT2D eigenvalue weighted by Crippen LogP contribution is 2.31. The summed E-state index contributed by atoms with van der Waals surface area (Å²) in [5, 5.41) is 6.22. The van der Waals surface area contributed by atoms with Gasteiger partial charge in [-0.2, -0.15) is 0 Å². The molecular weight excluding hydrogens is 362 g/mol. The van der Waals surface area contributed by atoms with Crippen LogP contribution in [0.15, 0.2) is 121 Å². The standard InChI is InChI=1S/C29H23N/c1-2-11-23(12-3-1)27-15-7-6-14-26(27)21-30-29-17-9-8-16-28(29)25-19-18-22-10-4-5-13-24(22)20-25/h1-20,30H,21H2. The van der Waals surface area contributed by atoms with Crippen molar-refractivity contribution in [2.45, 2.75) is 6.54 Å². The maximum atomic E-state index is 3.69. The highest BCUT2D eigenvalue weighted by Gasteiger charge is 2.08. The Hall–Kier alpha value is -3.84. The molecule has 0 atom stereocenters. The number of fused-ring (bicyclic) bond motifs is 1. The van der Waals surface area contributed by atoms with E-state index in [9.17, 15) is 0 Å². The van der Waals surface area contributed by atoms with Gasteiger partial charge in [0.05, 0.1) is 0 Å². The summed E-state index contributed by atoms with van der Waals surface area (Å²) in [5.74, 6) is 0. The van der Waals surface area contributed by atoms with Gasteiger partial charge in [0.1, 0.15) is 0 Å². The van der Waals surface area contributed by atoms with Crippen LogP contribution in [-0.2, 0) is 6.54 Å². The van der Waals surface area contributed by atoms with Crippen molar-refractivity contribution in [2.75, 3.05) is 5.32 Å². The monoisotopic (exact) mass is 385 g/mol. The van der Waals surface area contributed by atoms with Gasteiger partial charge >= 0.3 is 0 Å². The third-order valence-corrected chi connectivity index (χ3v) is 5.56. The molecule has 5 rings (SSSR count). The van der Waals surface area contributed by atoms with Gasteiger partial charge in [0, 0.05) is 17.8 Å². The van der Waals surface area contributed by atoms with Gasteiger partial charge < -0.3 is 5.32 Å². The molecule has 0 aromatic heterocycles. The number of para-hydroxylation sites is 1. The summed E-state index contributed by atoms with van der Waals surface area (Å²) in [7, 11) is 0. The average Bonchev–Trinajstić information content (AvgIpc) is 2.83. The molecule has 1 N–H and O–H groups in total. The van der Waals surface area contributed by atoms with Gasteiger partial charge in [0.15, 0.2) is 0 Å². The topological polar surface area (TPSA) is 12.0 Å². The summed E-state index contributed by atoms with van der Waals surface area (Å²) in [6.07, 6.45) is 0. The van der Waals surface area contributed by atoms with Gasteiger partial charge in [-0.15, -0.1) is 0 Å². The van der Waals surface area contributed by atoms with E-state index in [4.69, 9.17) is 0 Å². The molecule has 0 aliphatic carbocycles. The molecule has 1 nitrogen and oxygen atoms in total. The number of anilines is 1. The lowest BCUT2D eigenvalue weighted by molar-refractivity contribution is 1.15. The van der Waals surface area contributed by atoms with E-state index >= 15 is 0 Å². The first-order valence-corrected chi connectivity index (χ1v) is 10.3. The van der Waals surface area contributed by atoms with Crippen LogP contribution >= 0.6 is 0 Å². The molecule has 0 saturated heterocycles. The molecule has 0 radical (unpaired) electrons. The molecule has 144 valence electrons. The van der Waals surface area contributed by atoms with Gasteiger partial charge in [-0.25, -0.2) is 0 Å². The van der Waals surface area contributed by atoms with Crippen LogP contribution in [0, 0.1) is 0 Å². The Kier molecular flexibility index (Phi) is 5.01. The number of hydrogen-bond donors (Lipinski definition) is 1. The van der Waals surface area contributed by atoms with E-state index in [1.165, 1.54) is 38.6 Å². The molecule has 0 fully saturated rings. The fourth-order valence-corrected chi connectivity index (χ4v) is 4.01. The van der Waals surface area contributed by atoms with Crippen LogP contribution in [0.1, 0.15) is 5.56 Å². The normalized spacial score (nSPS) is 10.8. The zero-order valence-corrected chi connectivity index (χ0v) is 16.8. The van der Waals surface area contributed by atoms with E-state index in [1.54, 1.807) is 0 Å². The second kappa shape index (κ2) is 8.26. The van der Waals surface area contributed by atoms with Gasteiger partial charge in [-0.05, 0) is 45.2 Å². The van der Waals surface area contributed by atoms with Crippen molar-refractivity contribution in [2.24, 2.45) is 0 Å². The molecular formula is C29H23N. The predicted molar refractivity (Wildman–Crippen MR) is 129 cm³/mol. The summed E-state index contributed by atoms with van der Waals surface area (Å²) >= 11 is 0. The lowest BCUT2D eigenvalue weighted by Crippen LogP contribution is -2.02. The van der Waals surface area contributed by atoms with Crippen LogP contribution in [0.25, 0.3) is 33.0 Å². The van der Waals surface area contributed by atoms with Crippen molar-refractivity contribution in [3.8, 4) is 22.3 Å². The van der Waals surface area contributed by atoms with Crippen molar-refractivity contribution in [3.05, 3.63) is 127 Å². The van der Waals surface area contributed by atoms with Crippen molar-refractivity contribution in [1.82, 2.24) is 0 Å². The second-order valence-corrected chi connectivity index (χ2v) is 7.48. The summed E-state index contributed by atoms with van der Waals surface area (Å²) in [4.78, 5) is 0. The third-order valence-electron chi connectivity index (χ3n) is 5.56. The minimum absolute atomic E-state index is 0.773. The summed E-state index contributed by atoms with van der Waals surface area (Å²) < 4.78 is 0. The number of nitrogens with one attached hydrogen (secondary N) is 1. The Bertz CT molecular complexity index is 1290. The zero-order chi connectivity index (χ0) is 20.2. The minimum Gasteiger partial charge on any atom is -0.380 e. The Balaban J connectivity index is 1.46. The fourth-order valence-electron chi connectivity index (χ4n) is 4.01. The molecule has 0 spiro atoms. The Morgan fingerprint density at radius 1 is 0.467 bits per heavy atom. The van der Waals surface area contributed by atoms with E-state index in [-0.39, 0.29) is 0 Å². The Morgan fingerprint density at radius 3 is 2.00 bits per heavy atom. The van der Waals surface area contributed by atoms with Crippen LogP contribution in [0.4, 0.5) is 5.69 Å². The maximum Gasteiger partial charge on any atom is 0.0422 e. The molecule has 5 aromatic carbocycles. The van der Waals surface area contributed by atoms with Crippen molar-refractivity contribution < 1.29 is 0 Å². The Labute approximate surface area is 177 Å². The van der Waals surface area contributed by atoms with Crippen LogP contribution in [0.2, 0.25) is 0 Å². The van der Waals surface area contributed by atoms with Gasteiger partial charge in [-0.1, -0.05) is 109 Å². The summed E-state index contributed by atoms with van der Waals surface area (Å²) in [6, 6.07) is 42.9. The largest absolute Gasteiger partial charge is 0.380 e. The quantitative estimate of drug-likeness (QED) is 0.325. The Morgan fingerprint density at radius 2 is 1.13 bits per heavy atom. The molecule has 0 aliphatic rings. The molecule has 0 aliphatic heterocycles. The van der Waals surface area contributed by atoms with Gasteiger partial charge in [0.25, 0.3) is 0 Å². The third kappa shape index (κ3) is 3.70. The van der Waals surface area contributed by atoms with E-state index in [2.05, 4.69) is 127 Å². The van der Waals surface area contributed by atoms with Gasteiger partial charge in [0.2, 0.25) is 0 Å². The highest BCUT2D eigenvalue weighted by atomic mass is 14.9. The second-order valence-electron chi connectivity index (χ2n) is 7.48. The maximum absolute atomic E-state index is 3.69. The van der Waals surface area contributed by atoms with Crippen LogP contribution in [0.5, 0.6) is 0 Å². The molecule has 0 amide bonds. The van der Waals surface area contributed by atoms with E-state index in [0.717, 1.165) is 12.2 Å². The first-order valence-electron chi connectivity index (χ1n) is 10.3.